The number of halogens is 2. The average molecular weight is 888 g/mol. The van der Waals surface area contributed by atoms with E-state index in [0.29, 0.717) is 49.0 Å². The number of sulfone groups is 1. The van der Waals surface area contributed by atoms with Crippen LogP contribution in [0.2, 0.25) is 10.0 Å². The maximum atomic E-state index is 14.8. The normalized spacial score (nSPS) is 12.2. The quantitative estimate of drug-likeness (QED) is 0.156. The van der Waals surface area contributed by atoms with Crippen molar-refractivity contribution in [1.29, 1.82) is 0 Å². The van der Waals surface area contributed by atoms with Gasteiger partial charge in [-0.05, 0) is 116 Å². The number of para-hydroxylation sites is 2. The van der Waals surface area contributed by atoms with E-state index in [1.807, 2.05) is 91.2 Å². The van der Waals surface area contributed by atoms with Crippen molar-refractivity contribution in [3.63, 3.8) is 0 Å². The van der Waals surface area contributed by atoms with Crippen LogP contribution < -0.4 is 4.31 Å². The summed E-state index contributed by atoms with van der Waals surface area (Å²) in [5, 5.41) is 1.67. The molecule has 1 aliphatic rings. The van der Waals surface area contributed by atoms with Crippen molar-refractivity contribution in [1.82, 2.24) is 4.57 Å². The molecule has 0 radical (unpaired) electrons. The molecule has 0 aliphatic carbocycles. The molecule has 0 saturated heterocycles. The zero-order valence-electron chi connectivity index (χ0n) is 33.5. The number of hydrogen-bond acceptors (Lipinski definition) is 4. The first-order valence-corrected chi connectivity index (χ1v) is 23.4. The van der Waals surface area contributed by atoms with Gasteiger partial charge in [0.1, 0.15) is 10.6 Å². The lowest BCUT2D eigenvalue weighted by molar-refractivity contribution is 0.589. The molecule has 10 heteroatoms. The second kappa shape index (κ2) is 16.4. The summed E-state index contributed by atoms with van der Waals surface area (Å²) in [6, 6.07) is 46.8. The number of benzene rings is 7. The summed E-state index contributed by atoms with van der Waals surface area (Å²) in [5.74, 6) is 13.3. The van der Waals surface area contributed by atoms with E-state index in [-0.39, 0.29) is 27.8 Å². The number of aromatic nitrogens is 1. The van der Waals surface area contributed by atoms with Crippen molar-refractivity contribution in [2.75, 3.05) is 4.31 Å². The molecule has 8 aromatic rings. The lowest BCUT2D eigenvalue weighted by Crippen LogP contribution is -2.33. The van der Waals surface area contributed by atoms with Gasteiger partial charge in [-0.1, -0.05) is 125 Å². The summed E-state index contributed by atoms with van der Waals surface area (Å²) in [7, 11) is -8.06. The molecule has 0 atom stereocenters. The Balaban J connectivity index is 1.28. The molecule has 9 rings (SSSR count). The molecule has 0 amide bonds. The Morgan fingerprint density at radius 3 is 1.79 bits per heavy atom. The van der Waals surface area contributed by atoms with Gasteiger partial charge in [0.15, 0.2) is 0 Å². The van der Waals surface area contributed by atoms with Crippen LogP contribution in [0.4, 0.5) is 5.69 Å². The average Bonchev–Trinajstić information content (AvgIpc) is 3.59. The van der Waals surface area contributed by atoms with Crippen molar-refractivity contribution in [3.8, 4) is 34.8 Å². The van der Waals surface area contributed by atoms with Gasteiger partial charge in [0, 0.05) is 43.2 Å². The third-order valence-corrected chi connectivity index (χ3v) is 15.1. The number of nitrogens with zero attached hydrogens (tertiary/aromatic N) is 2. The van der Waals surface area contributed by atoms with Crippen LogP contribution in [0.3, 0.4) is 0 Å². The van der Waals surface area contributed by atoms with Crippen LogP contribution in [0, 0.1) is 37.5 Å². The molecule has 0 unspecified atom stereocenters. The van der Waals surface area contributed by atoms with E-state index in [0.717, 1.165) is 33.4 Å². The van der Waals surface area contributed by atoms with Gasteiger partial charge in [0.05, 0.1) is 34.1 Å². The number of aryl methyl sites for hydroxylation is 2. The molecule has 304 valence electrons. The van der Waals surface area contributed by atoms with Crippen molar-refractivity contribution >= 4 is 59.7 Å². The van der Waals surface area contributed by atoms with Crippen LogP contribution in [0.15, 0.2) is 172 Å². The van der Waals surface area contributed by atoms with Gasteiger partial charge in [-0.25, -0.2) is 16.8 Å². The summed E-state index contributed by atoms with van der Waals surface area (Å²) in [6.07, 6.45) is 0. The molecule has 0 spiro atoms. The van der Waals surface area contributed by atoms with Crippen LogP contribution in [-0.4, -0.2) is 21.4 Å². The summed E-state index contributed by atoms with van der Waals surface area (Å²) >= 11 is 12.5. The monoisotopic (exact) mass is 886 g/mol. The van der Waals surface area contributed by atoms with Gasteiger partial charge < -0.3 is 4.57 Å². The molecule has 1 aromatic heterocycles. The largest absolute Gasteiger partial charge is 0.328 e. The topological polar surface area (TPSA) is 76.5 Å². The highest BCUT2D eigenvalue weighted by atomic mass is 35.5. The molecule has 0 bridgehead atoms. The van der Waals surface area contributed by atoms with E-state index < -0.39 is 19.9 Å². The Hall–Kier alpha value is -6.52. The predicted octanol–water partition coefficient (Wildman–Crippen LogP) is 11.6. The molecule has 0 saturated carbocycles. The zero-order valence-corrected chi connectivity index (χ0v) is 36.7. The molecule has 62 heavy (non-hydrogen) atoms. The number of anilines is 1. The molecular formula is C52H36Cl2N2O4S2. The van der Waals surface area contributed by atoms with Crippen LogP contribution in [-0.2, 0) is 33.0 Å². The van der Waals surface area contributed by atoms with Crippen molar-refractivity contribution in [3.05, 3.63) is 212 Å². The Kier molecular flexibility index (Phi) is 10.8. The van der Waals surface area contributed by atoms with Gasteiger partial charge in [-0.2, -0.15) is 0 Å². The highest BCUT2D eigenvalue weighted by molar-refractivity contribution is 7.93. The molecule has 6 nitrogen and oxygen atoms in total. The van der Waals surface area contributed by atoms with E-state index in [1.54, 1.807) is 84.9 Å². The summed E-state index contributed by atoms with van der Waals surface area (Å²) in [5.41, 5.74) is 8.53. The second-order valence-electron chi connectivity index (χ2n) is 15.1. The van der Waals surface area contributed by atoms with Crippen molar-refractivity contribution in [2.45, 2.75) is 41.6 Å². The molecule has 7 aromatic carbocycles. The Labute approximate surface area is 372 Å². The second-order valence-corrected chi connectivity index (χ2v) is 19.7. The van der Waals surface area contributed by atoms with E-state index in [1.165, 1.54) is 4.31 Å². The first-order valence-electron chi connectivity index (χ1n) is 19.7. The first-order chi connectivity index (χ1) is 29.9. The molecular weight excluding hydrogens is 852 g/mol. The van der Waals surface area contributed by atoms with E-state index in [4.69, 9.17) is 23.2 Å². The van der Waals surface area contributed by atoms with Crippen molar-refractivity contribution < 1.29 is 16.8 Å². The minimum absolute atomic E-state index is 0.0711. The highest BCUT2D eigenvalue weighted by Gasteiger charge is 2.34. The smallest absolute Gasteiger partial charge is 0.264 e. The van der Waals surface area contributed by atoms with Crippen LogP contribution in [0.1, 0.15) is 44.6 Å². The third-order valence-electron chi connectivity index (χ3n) is 10.9. The van der Waals surface area contributed by atoms with Crippen LogP contribution in [0.5, 0.6) is 0 Å². The lowest BCUT2D eigenvalue weighted by Gasteiger charge is -2.33. The highest BCUT2D eigenvalue weighted by Crippen LogP contribution is 2.45. The fourth-order valence-corrected chi connectivity index (χ4v) is 11.1. The summed E-state index contributed by atoms with van der Waals surface area (Å²) in [6.45, 7) is 4.08. The Bertz CT molecular complexity index is 3410. The van der Waals surface area contributed by atoms with Gasteiger partial charge in [-0.15, -0.1) is 0 Å². The fraction of sp³-hybridized carbons (Fsp3) is 0.0769. The number of rotatable bonds is 6. The summed E-state index contributed by atoms with van der Waals surface area (Å²) in [4.78, 5) is 0.460. The number of hydrogen-bond donors (Lipinski definition) is 0. The van der Waals surface area contributed by atoms with E-state index in [9.17, 15) is 16.8 Å². The van der Waals surface area contributed by atoms with Gasteiger partial charge in [0.2, 0.25) is 9.84 Å². The standard InChI is InChI=1S/C52H36Cl2N2O4S2/c1-35-11-27-43(28-12-35)61(57,58)52-47-8-4-5-9-48(47)55(50(52)32-20-38-17-25-42(54)26-18-38)33-39-21-22-40-34-56(62(59,60)44-29-13-36(2)14-30-44)49-10-6-3-7-46(49)51(40)45(39)31-19-37-15-23-41(53)24-16-37/h3-18,21-30H,33-34H2,1-2H3. The number of sulfonamides is 1. The Morgan fingerprint density at radius 2 is 1.15 bits per heavy atom. The fourth-order valence-electron chi connectivity index (χ4n) is 7.77. The van der Waals surface area contributed by atoms with Crippen LogP contribution in [0.25, 0.3) is 22.0 Å². The Morgan fingerprint density at radius 1 is 0.581 bits per heavy atom. The maximum Gasteiger partial charge on any atom is 0.264 e. The summed E-state index contributed by atoms with van der Waals surface area (Å²) < 4.78 is 61.8. The van der Waals surface area contributed by atoms with Gasteiger partial charge in [0.25, 0.3) is 10.0 Å². The van der Waals surface area contributed by atoms with E-state index in [2.05, 4.69) is 23.7 Å². The minimum Gasteiger partial charge on any atom is -0.328 e. The predicted molar refractivity (Wildman–Crippen MR) is 249 cm³/mol. The maximum absolute atomic E-state index is 14.8. The SMILES string of the molecule is Cc1ccc(S(=O)(=O)c2c(C#Cc3ccc(Cl)cc3)n(Cc3ccc4c(c3C#Cc3ccc(Cl)cc3)-c3ccccc3N(S(=O)(=O)c3ccc(C)cc3)C4)c3ccccc23)cc1. The lowest BCUT2D eigenvalue weighted by atomic mass is 9.87. The number of fused-ring (bicyclic) bond motifs is 4. The molecule has 0 N–H and O–H groups in total. The van der Waals surface area contributed by atoms with E-state index >= 15 is 0 Å². The van der Waals surface area contributed by atoms with Gasteiger partial charge >= 0.3 is 0 Å². The molecule has 1 aliphatic heterocycles. The molecule has 0 fully saturated rings. The first kappa shape index (κ1) is 40.9. The van der Waals surface area contributed by atoms with Crippen LogP contribution >= 0.6 is 23.2 Å². The third kappa shape index (κ3) is 7.68. The minimum atomic E-state index is -4.10. The van der Waals surface area contributed by atoms with Crippen molar-refractivity contribution in [2.24, 2.45) is 0 Å². The zero-order chi connectivity index (χ0) is 43.2. The molecule has 2 heterocycles. The van der Waals surface area contributed by atoms with Gasteiger partial charge in [-0.3, -0.25) is 4.31 Å².